The smallest absolute Gasteiger partial charge is 0.241 e. The van der Waals surface area contributed by atoms with Gasteiger partial charge in [0.1, 0.15) is 0 Å². The summed E-state index contributed by atoms with van der Waals surface area (Å²) in [5.41, 5.74) is 0.743. The first-order chi connectivity index (χ1) is 11.4. The fourth-order valence-corrected chi connectivity index (χ4v) is 3.57. The van der Waals surface area contributed by atoms with E-state index in [1.165, 1.54) is 0 Å². The van der Waals surface area contributed by atoms with Crippen molar-refractivity contribution in [1.82, 2.24) is 20.4 Å². The number of carbonyl (C=O) groups excluding carboxylic acids is 1. The molecule has 3 heterocycles. The monoisotopic (exact) mass is 348 g/mol. The van der Waals surface area contributed by atoms with Crippen molar-refractivity contribution in [2.24, 2.45) is 0 Å². The first-order valence-electron chi connectivity index (χ1n) is 8.33. The highest BCUT2D eigenvalue weighted by Gasteiger charge is 2.31. The summed E-state index contributed by atoms with van der Waals surface area (Å²) in [7, 11) is 0. The number of hydrogen-bond acceptors (Lipinski definition) is 6. The van der Waals surface area contributed by atoms with Gasteiger partial charge in [-0.15, -0.1) is 0 Å². The number of likely N-dealkylation sites (tertiary alicyclic amines) is 1. The SMILES string of the molecule is CC(C)(C)NC(=O)[C@@H]1CCCCN1Cc1nc(-c2ccsc2)no1. The normalized spacial score (nSPS) is 19.4. The zero-order valence-corrected chi connectivity index (χ0v) is 15.2. The Kier molecular flexibility index (Phi) is 5.01. The molecule has 0 radical (unpaired) electrons. The fourth-order valence-electron chi connectivity index (χ4n) is 2.93. The molecule has 1 amide bonds. The number of amides is 1. The average molecular weight is 348 g/mol. The maximum atomic E-state index is 12.6. The first-order valence-corrected chi connectivity index (χ1v) is 9.28. The molecule has 0 aromatic carbocycles. The number of nitrogens with zero attached hydrogens (tertiary/aromatic N) is 3. The number of aromatic nitrogens is 2. The summed E-state index contributed by atoms with van der Waals surface area (Å²) in [5.74, 6) is 1.25. The van der Waals surface area contributed by atoms with Gasteiger partial charge in [-0.3, -0.25) is 9.69 Å². The Balaban J connectivity index is 1.69. The molecule has 1 saturated heterocycles. The number of hydrogen-bond donors (Lipinski definition) is 1. The van der Waals surface area contributed by atoms with E-state index in [4.69, 9.17) is 4.52 Å². The van der Waals surface area contributed by atoms with Gasteiger partial charge in [0.2, 0.25) is 17.6 Å². The molecule has 2 aromatic heterocycles. The van der Waals surface area contributed by atoms with Crippen LogP contribution in [0.5, 0.6) is 0 Å². The minimum atomic E-state index is -0.225. The molecule has 6 nitrogen and oxygen atoms in total. The molecule has 0 bridgehead atoms. The van der Waals surface area contributed by atoms with Crippen LogP contribution in [0.25, 0.3) is 11.4 Å². The summed E-state index contributed by atoms with van der Waals surface area (Å²) < 4.78 is 5.39. The van der Waals surface area contributed by atoms with Crippen molar-refractivity contribution >= 4 is 17.2 Å². The second kappa shape index (κ2) is 7.03. The Labute approximate surface area is 146 Å². The summed E-state index contributed by atoms with van der Waals surface area (Å²) in [5, 5.41) is 11.1. The fraction of sp³-hybridized carbons (Fsp3) is 0.588. The van der Waals surface area contributed by atoms with Crippen LogP contribution in [0.3, 0.4) is 0 Å². The maximum absolute atomic E-state index is 12.6. The summed E-state index contributed by atoms with van der Waals surface area (Å²) in [6, 6.07) is 1.84. The highest BCUT2D eigenvalue weighted by molar-refractivity contribution is 7.08. The van der Waals surface area contributed by atoms with E-state index < -0.39 is 0 Å². The van der Waals surface area contributed by atoms with Crippen molar-refractivity contribution in [3.63, 3.8) is 0 Å². The van der Waals surface area contributed by atoms with Crippen LogP contribution >= 0.6 is 11.3 Å². The van der Waals surface area contributed by atoms with Crippen LogP contribution in [0.4, 0.5) is 0 Å². The van der Waals surface area contributed by atoms with Gasteiger partial charge < -0.3 is 9.84 Å². The molecule has 1 aliphatic rings. The molecule has 3 rings (SSSR count). The van der Waals surface area contributed by atoms with Crippen molar-refractivity contribution in [3.8, 4) is 11.4 Å². The van der Waals surface area contributed by atoms with E-state index in [1.807, 2.05) is 37.6 Å². The van der Waals surface area contributed by atoms with Crippen molar-refractivity contribution in [2.75, 3.05) is 6.54 Å². The average Bonchev–Trinajstić information content (AvgIpc) is 3.16. The number of thiophene rings is 1. The number of carbonyl (C=O) groups is 1. The largest absolute Gasteiger partial charge is 0.350 e. The zero-order valence-electron chi connectivity index (χ0n) is 14.4. The molecule has 0 unspecified atom stereocenters. The number of rotatable bonds is 4. The Morgan fingerprint density at radius 1 is 1.46 bits per heavy atom. The van der Waals surface area contributed by atoms with Crippen molar-refractivity contribution in [2.45, 2.75) is 58.2 Å². The van der Waals surface area contributed by atoms with Gasteiger partial charge in [-0.05, 0) is 51.6 Å². The van der Waals surface area contributed by atoms with Crippen LogP contribution in [0.15, 0.2) is 21.3 Å². The molecule has 1 N–H and O–H groups in total. The van der Waals surface area contributed by atoms with E-state index in [9.17, 15) is 4.79 Å². The molecular weight excluding hydrogens is 324 g/mol. The van der Waals surface area contributed by atoms with Gasteiger partial charge in [-0.2, -0.15) is 16.3 Å². The van der Waals surface area contributed by atoms with Crippen molar-refractivity contribution in [3.05, 3.63) is 22.7 Å². The molecule has 1 aliphatic heterocycles. The zero-order chi connectivity index (χ0) is 17.2. The van der Waals surface area contributed by atoms with E-state index in [-0.39, 0.29) is 17.5 Å². The number of nitrogens with one attached hydrogen (secondary N) is 1. The van der Waals surface area contributed by atoms with Crippen molar-refractivity contribution < 1.29 is 9.32 Å². The van der Waals surface area contributed by atoms with E-state index in [2.05, 4.69) is 20.4 Å². The third-order valence-electron chi connectivity index (χ3n) is 4.00. The quantitative estimate of drug-likeness (QED) is 0.919. The van der Waals surface area contributed by atoms with Gasteiger partial charge in [0.15, 0.2) is 0 Å². The van der Waals surface area contributed by atoms with Gasteiger partial charge in [0, 0.05) is 16.5 Å². The molecular formula is C17H24N4O2S. The van der Waals surface area contributed by atoms with E-state index >= 15 is 0 Å². The van der Waals surface area contributed by atoms with Crippen LogP contribution in [-0.2, 0) is 11.3 Å². The highest BCUT2D eigenvalue weighted by atomic mass is 32.1. The minimum absolute atomic E-state index is 0.0831. The maximum Gasteiger partial charge on any atom is 0.241 e. The summed E-state index contributed by atoms with van der Waals surface area (Å²) in [6.45, 7) is 7.40. The van der Waals surface area contributed by atoms with Gasteiger partial charge in [-0.25, -0.2) is 0 Å². The third kappa shape index (κ3) is 4.21. The van der Waals surface area contributed by atoms with Crippen LogP contribution in [0.2, 0.25) is 0 Å². The van der Waals surface area contributed by atoms with Gasteiger partial charge in [0.05, 0.1) is 12.6 Å². The van der Waals surface area contributed by atoms with Crippen molar-refractivity contribution in [1.29, 1.82) is 0 Å². The second-order valence-corrected chi connectivity index (χ2v) is 8.03. The molecule has 1 fully saturated rings. The van der Waals surface area contributed by atoms with Crippen LogP contribution in [0.1, 0.15) is 45.9 Å². The second-order valence-electron chi connectivity index (χ2n) is 7.25. The van der Waals surface area contributed by atoms with Gasteiger partial charge in [0.25, 0.3) is 0 Å². The molecule has 0 aliphatic carbocycles. The van der Waals surface area contributed by atoms with Crippen LogP contribution in [-0.4, -0.2) is 39.1 Å². The predicted octanol–water partition coefficient (Wildman–Crippen LogP) is 3.07. The topological polar surface area (TPSA) is 71.3 Å². The molecule has 0 spiro atoms. The minimum Gasteiger partial charge on any atom is -0.350 e. The van der Waals surface area contributed by atoms with E-state index in [0.717, 1.165) is 31.4 Å². The number of piperidine rings is 1. The van der Waals surface area contributed by atoms with Crippen LogP contribution in [0, 0.1) is 0 Å². The lowest BCUT2D eigenvalue weighted by Crippen LogP contribution is -2.53. The Hall–Kier alpha value is -1.73. The Bertz CT molecular complexity index is 675. The lowest BCUT2D eigenvalue weighted by molar-refractivity contribution is -0.129. The lowest BCUT2D eigenvalue weighted by atomic mass is 9.99. The predicted molar refractivity (Wildman–Crippen MR) is 93.6 cm³/mol. The van der Waals surface area contributed by atoms with Gasteiger partial charge in [-0.1, -0.05) is 11.6 Å². The summed E-state index contributed by atoms with van der Waals surface area (Å²) >= 11 is 1.60. The Morgan fingerprint density at radius 3 is 3.00 bits per heavy atom. The molecule has 0 saturated carbocycles. The summed E-state index contributed by atoms with van der Waals surface area (Å²) in [6.07, 6.45) is 3.03. The molecule has 7 heteroatoms. The van der Waals surface area contributed by atoms with Crippen LogP contribution < -0.4 is 5.32 Å². The van der Waals surface area contributed by atoms with E-state index in [1.54, 1.807) is 11.3 Å². The summed E-state index contributed by atoms with van der Waals surface area (Å²) in [4.78, 5) is 19.2. The Morgan fingerprint density at radius 2 is 2.29 bits per heavy atom. The highest BCUT2D eigenvalue weighted by Crippen LogP contribution is 2.22. The molecule has 24 heavy (non-hydrogen) atoms. The molecule has 2 aromatic rings. The van der Waals surface area contributed by atoms with E-state index in [0.29, 0.717) is 18.3 Å². The molecule has 130 valence electrons. The molecule has 1 atom stereocenters. The third-order valence-corrected chi connectivity index (χ3v) is 4.68. The van der Waals surface area contributed by atoms with Gasteiger partial charge >= 0.3 is 0 Å². The first kappa shape index (κ1) is 17.1. The lowest BCUT2D eigenvalue weighted by Gasteiger charge is -2.35. The standard InChI is InChI=1S/C17H24N4O2S/c1-17(2,3)19-16(22)13-6-4-5-8-21(13)10-14-18-15(20-23-14)12-7-9-24-11-12/h7,9,11,13H,4-6,8,10H2,1-3H3,(H,19,22)/t13-/m0/s1.